The molecule has 0 radical (unpaired) electrons. The molecule has 2 unspecified atom stereocenters. The van der Waals surface area contributed by atoms with Crippen LogP contribution in [0.5, 0.6) is 0 Å². The second kappa shape index (κ2) is 4.95. The van der Waals surface area contributed by atoms with Gasteiger partial charge in [-0.25, -0.2) is 0 Å². The van der Waals surface area contributed by atoms with Gasteiger partial charge in [-0.3, -0.25) is 4.68 Å². The van der Waals surface area contributed by atoms with Crippen molar-refractivity contribution in [3.8, 4) is 0 Å². The van der Waals surface area contributed by atoms with E-state index < -0.39 is 12.2 Å². The SMILES string of the molecule is CC(C)(C)n1cc(C(O)C(O)CCN)cn1. The highest BCUT2D eigenvalue weighted by Gasteiger charge is 2.21. The lowest BCUT2D eigenvalue weighted by molar-refractivity contribution is 0.0149. The summed E-state index contributed by atoms with van der Waals surface area (Å²) in [6.45, 7) is 6.41. The van der Waals surface area contributed by atoms with Gasteiger partial charge in [-0.1, -0.05) is 0 Å². The molecule has 0 bridgehead atoms. The van der Waals surface area contributed by atoms with E-state index in [0.717, 1.165) is 0 Å². The zero-order valence-corrected chi connectivity index (χ0v) is 10.1. The molecule has 1 aromatic rings. The minimum absolute atomic E-state index is 0.128. The summed E-state index contributed by atoms with van der Waals surface area (Å²) in [5, 5.41) is 23.6. The lowest BCUT2D eigenvalue weighted by Gasteiger charge is -2.19. The van der Waals surface area contributed by atoms with Gasteiger partial charge in [0.15, 0.2) is 0 Å². The largest absolute Gasteiger partial charge is 0.390 e. The Labute approximate surface area is 95.9 Å². The van der Waals surface area contributed by atoms with Gasteiger partial charge in [-0.2, -0.15) is 5.10 Å². The summed E-state index contributed by atoms with van der Waals surface area (Å²) in [6, 6.07) is 0. The van der Waals surface area contributed by atoms with Crippen LogP contribution in [0.25, 0.3) is 0 Å². The molecule has 0 aromatic carbocycles. The average Bonchev–Trinajstić information content (AvgIpc) is 2.65. The van der Waals surface area contributed by atoms with E-state index >= 15 is 0 Å². The number of rotatable bonds is 4. The number of aliphatic hydroxyl groups is 2. The van der Waals surface area contributed by atoms with Crippen LogP contribution in [0.2, 0.25) is 0 Å². The van der Waals surface area contributed by atoms with Crippen LogP contribution in [0.3, 0.4) is 0 Å². The van der Waals surface area contributed by atoms with Gasteiger partial charge in [-0.05, 0) is 33.7 Å². The summed E-state index contributed by atoms with van der Waals surface area (Å²) in [5.41, 5.74) is 5.82. The van der Waals surface area contributed by atoms with Crippen LogP contribution in [0, 0.1) is 0 Å². The Balaban J connectivity index is 2.78. The van der Waals surface area contributed by atoms with Crippen molar-refractivity contribution in [3.63, 3.8) is 0 Å². The van der Waals surface area contributed by atoms with Gasteiger partial charge in [0.25, 0.3) is 0 Å². The van der Waals surface area contributed by atoms with E-state index in [0.29, 0.717) is 18.5 Å². The standard InChI is InChI=1S/C11H21N3O2/c1-11(2,3)14-7-8(6-13-14)10(16)9(15)4-5-12/h6-7,9-10,15-16H,4-5,12H2,1-3H3. The summed E-state index contributed by atoms with van der Waals surface area (Å²) in [6.07, 6.45) is 1.96. The molecule has 0 amide bonds. The number of aromatic nitrogens is 2. The Hall–Kier alpha value is -0.910. The highest BCUT2D eigenvalue weighted by molar-refractivity contribution is 5.10. The van der Waals surface area contributed by atoms with Gasteiger partial charge in [0.1, 0.15) is 6.10 Å². The molecule has 4 N–H and O–H groups in total. The van der Waals surface area contributed by atoms with E-state index in [2.05, 4.69) is 5.10 Å². The molecule has 0 spiro atoms. The van der Waals surface area contributed by atoms with Crippen molar-refractivity contribution >= 4 is 0 Å². The minimum atomic E-state index is -0.917. The third-order valence-corrected chi connectivity index (χ3v) is 2.46. The quantitative estimate of drug-likeness (QED) is 0.694. The summed E-state index contributed by atoms with van der Waals surface area (Å²) in [7, 11) is 0. The first-order valence-corrected chi connectivity index (χ1v) is 5.47. The maximum absolute atomic E-state index is 9.84. The fourth-order valence-corrected chi connectivity index (χ4v) is 1.41. The first-order valence-electron chi connectivity index (χ1n) is 5.47. The Kier molecular flexibility index (Phi) is 4.07. The second-order valence-corrected chi connectivity index (χ2v) is 4.98. The summed E-state index contributed by atoms with van der Waals surface area (Å²) < 4.78 is 1.76. The molecule has 0 fully saturated rings. The second-order valence-electron chi connectivity index (χ2n) is 4.98. The van der Waals surface area contributed by atoms with Crippen molar-refractivity contribution < 1.29 is 10.2 Å². The topological polar surface area (TPSA) is 84.3 Å². The minimum Gasteiger partial charge on any atom is -0.390 e. The van der Waals surface area contributed by atoms with Gasteiger partial charge < -0.3 is 15.9 Å². The Bertz CT molecular complexity index is 330. The van der Waals surface area contributed by atoms with Crippen LogP contribution in [0.4, 0.5) is 0 Å². The Morgan fingerprint density at radius 1 is 1.44 bits per heavy atom. The fourth-order valence-electron chi connectivity index (χ4n) is 1.41. The van der Waals surface area contributed by atoms with Crippen LogP contribution < -0.4 is 5.73 Å². The normalized spacial score (nSPS) is 16.1. The van der Waals surface area contributed by atoms with E-state index in [1.165, 1.54) is 0 Å². The van der Waals surface area contributed by atoms with Gasteiger partial charge in [0.05, 0.1) is 17.8 Å². The van der Waals surface area contributed by atoms with Crippen molar-refractivity contribution in [3.05, 3.63) is 18.0 Å². The molecule has 5 heteroatoms. The summed E-state index contributed by atoms with van der Waals surface area (Å²) >= 11 is 0. The van der Waals surface area contributed by atoms with Crippen LogP contribution in [0.1, 0.15) is 38.9 Å². The third kappa shape index (κ3) is 3.04. The van der Waals surface area contributed by atoms with Crippen LogP contribution in [-0.4, -0.2) is 32.6 Å². The van der Waals surface area contributed by atoms with Crippen molar-refractivity contribution in [1.29, 1.82) is 0 Å². The monoisotopic (exact) mass is 227 g/mol. The molecule has 0 saturated heterocycles. The first kappa shape index (κ1) is 13.2. The molecule has 5 nitrogen and oxygen atoms in total. The molecule has 2 atom stereocenters. The number of hydrogen-bond donors (Lipinski definition) is 3. The molecular weight excluding hydrogens is 206 g/mol. The molecule has 0 aliphatic heterocycles. The van der Waals surface area contributed by atoms with E-state index in [-0.39, 0.29) is 5.54 Å². The molecule has 1 aromatic heterocycles. The molecule has 0 saturated carbocycles. The van der Waals surface area contributed by atoms with Crippen LogP contribution in [-0.2, 0) is 5.54 Å². The highest BCUT2D eigenvalue weighted by atomic mass is 16.3. The molecular formula is C11H21N3O2. The van der Waals surface area contributed by atoms with E-state index in [1.807, 2.05) is 20.8 Å². The van der Waals surface area contributed by atoms with Gasteiger partial charge >= 0.3 is 0 Å². The highest BCUT2D eigenvalue weighted by Crippen LogP contribution is 2.21. The Morgan fingerprint density at radius 2 is 2.06 bits per heavy atom. The maximum Gasteiger partial charge on any atom is 0.108 e. The third-order valence-electron chi connectivity index (χ3n) is 2.46. The first-order chi connectivity index (χ1) is 7.36. The van der Waals surface area contributed by atoms with Crippen molar-refractivity contribution in [2.24, 2.45) is 5.73 Å². The molecule has 1 rings (SSSR count). The lowest BCUT2D eigenvalue weighted by Crippen LogP contribution is -2.23. The van der Waals surface area contributed by atoms with Crippen molar-refractivity contribution in [2.75, 3.05) is 6.54 Å². The molecule has 92 valence electrons. The summed E-state index contributed by atoms with van der Waals surface area (Å²) in [5.74, 6) is 0. The van der Waals surface area contributed by atoms with Gasteiger partial charge in [0, 0.05) is 11.8 Å². The van der Waals surface area contributed by atoms with Gasteiger partial charge in [-0.15, -0.1) is 0 Å². The summed E-state index contributed by atoms with van der Waals surface area (Å²) in [4.78, 5) is 0. The zero-order valence-electron chi connectivity index (χ0n) is 10.1. The van der Waals surface area contributed by atoms with Crippen LogP contribution in [0.15, 0.2) is 12.4 Å². The molecule has 0 aliphatic carbocycles. The molecule has 0 aliphatic rings. The predicted octanol–water partition coefficient (Wildman–Crippen LogP) is 0.381. The number of hydrogen-bond acceptors (Lipinski definition) is 4. The predicted molar refractivity (Wildman–Crippen MR) is 61.9 cm³/mol. The van der Waals surface area contributed by atoms with E-state index in [1.54, 1.807) is 17.1 Å². The maximum atomic E-state index is 9.84. The number of aliphatic hydroxyl groups excluding tert-OH is 2. The zero-order chi connectivity index (χ0) is 12.3. The smallest absolute Gasteiger partial charge is 0.108 e. The van der Waals surface area contributed by atoms with E-state index in [4.69, 9.17) is 5.73 Å². The van der Waals surface area contributed by atoms with Gasteiger partial charge in [0.2, 0.25) is 0 Å². The van der Waals surface area contributed by atoms with Crippen molar-refractivity contribution in [1.82, 2.24) is 9.78 Å². The van der Waals surface area contributed by atoms with Crippen LogP contribution >= 0.6 is 0 Å². The molecule has 1 heterocycles. The fraction of sp³-hybridized carbons (Fsp3) is 0.727. The Morgan fingerprint density at radius 3 is 2.50 bits per heavy atom. The average molecular weight is 227 g/mol. The lowest BCUT2D eigenvalue weighted by atomic mass is 10.1. The number of nitrogens with zero attached hydrogens (tertiary/aromatic N) is 2. The molecule has 16 heavy (non-hydrogen) atoms. The number of nitrogens with two attached hydrogens (primary N) is 1. The van der Waals surface area contributed by atoms with E-state index in [9.17, 15) is 10.2 Å². The van der Waals surface area contributed by atoms with Crippen molar-refractivity contribution in [2.45, 2.75) is 44.9 Å².